The molecule has 2 N–H and O–H groups in total. The van der Waals surface area contributed by atoms with E-state index >= 15 is 0 Å². The molecule has 0 aliphatic carbocycles. The van der Waals surface area contributed by atoms with E-state index in [0.29, 0.717) is 17.9 Å². The lowest BCUT2D eigenvalue weighted by molar-refractivity contribution is 0.173. The minimum atomic E-state index is -3.61. The highest BCUT2D eigenvalue weighted by molar-refractivity contribution is 7.92. The van der Waals surface area contributed by atoms with Crippen LogP contribution in [-0.4, -0.2) is 25.7 Å². The molecule has 4 nitrogen and oxygen atoms in total. The summed E-state index contributed by atoms with van der Waals surface area (Å²) in [6.45, 7) is 3.45. The minimum absolute atomic E-state index is 0.228. The minimum Gasteiger partial charge on any atom is -0.394 e. The van der Waals surface area contributed by atoms with Crippen molar-refractivity contribution in [3.8, 4) is 0 Å². The number of rotatable bonds is 7. The van der Waals surface area contributed by atoms with Crippen LogP contribution >= 0.6 is 11.6 Å². The zero-order chi connectivity index (χ0) is 15.2. The fourth-order valence-corrected chi connectivity index (χ4v) is 3.22. The lowest BCUT2D eigenvalue weighted by atomic mass is 9.96. The molecule has 0 saturated heterocycles. The van der Waals surface area contributed by atoms with E-state index in [1.54, 1.807) is 24.3 Å². The number of halogens is 1. The van der Waals surface area contributed by atoms with Crippen molar-refractivity contribution < 1.29 is 13.5 Å². The maximum Gasteiger partial charge on any atom is 0.234 e. The molecule has 0 aliphatic rings. The van der Waals surface area contributed by atoms with Crippen LogP contribution in [0.2, 0.25) is 5.02 Å². The molecule has 20 heavy (non-hydrogen) atoms. The van der Waals surface area contributed by atoms with Gasteiger partial charge in [0, 0.05) is 10.4 Å². The molecule has 0 bridgehead atoms. The predicted molar refractivity (Wildman–Crippen MR) is 82.9 cm³/mol. The van der Waals surface area contributed by atoms with Crippen molar-refractivity contribution in [3.63, 3.8) is 0 Å². The average Bonchev–Trinajstić information content (AvgIpc) is 2.44. The molecule has 6 heteroatoms. The molecular weight excluding hydrogens is 298 g/mol. The van der Waals surface area contributed by atoms with Crippen LogP contribution in [0.25, 0.3) is 6.08 Å². The van der Waals surface area contributed by atoms with Gasteiger partial charge in [-0.3, -0.25) is 0 Å². The van der Waals surface area contributed by atoms with Crippen LogP contribution in [0.3, 0.4) is 0 Å². The summed E-state index contributed by atoms with van der Waals surface area (Å²) in [5.74, 6) is 0. The third kappa shape index (κ3) is 4.90. The fourth-order valence-electron chi connectivity index (χ4n) is 1.73. The second-order valence-corrected chi connectivity index (χ2v) is 6.65. The van der Waals surface area contributed by atoms with Gasteiger partial charge in [-0.2, -0.15) is 0 Å². The number of nitrogens with one attached hydrogen (secondary N) is 1. The monoisotopic (exact) mass is 317 g/mol. The molecule has 0 amide bonds. The van der Waals surface area contributed by atoms with E-state index in [1.165, 1.54) is 6.08 Å². The highest BCUT2D eigenvalue weighted by Gasteiger charge is 2.29. The lowest BCUT2D eigenvalue weighted by Gasteiger charge is -2.29. The summed E-state index contributed by atoms with van der Waals surface area (Å²) in [7, 11) is -3.61. The highest BCUT2D eigenvalue weighted by atomic mass is 35.5. The van der Waals surface area contributed by atoms with Crippen molar-refractivity contribution in [3.05, 3.63) is 40.3 Å². The Kier molecular flexibility index (Phi) is 6.20. The number of aliphatic hydroxyl groups is 1. The number of hydrogen-bond donors (Lipinski definition) is 2. The summed E-state index contributed by atoms with van der Waals surface area (Å²) in [6, 6.07) is 6.84. The zero-order valence-corrected chi connectivity index (χ0v) is 13.2. The fraction of sp³-hybridized carbons (Fsp3) is 0.429. The Hall–Kier alpha value is -0.880. The van der Waals surface area contributed by atoms with Crippen molar-refractivity contribution in [1.82, 2.24) is 4.72 Å². The number of benzene rings is 1. The summed E-state index contributed by atoms with van der Waals surface area (Å²) >= 11 is 5.76. The second kappa shape index (κ2) is 7.22. The Morgan fingerprint density at radius 1 is 1.25 bits per heavy atom. The third-order valence-electron chi connectivity index (χ3n) is 3.32. The molecule has 112 valence electrons. The van der Waals surface area contributed by atoms with Gasteiger partial charge in [0.05, 0.1) is 12.1 Å². The lowest BCUT2D eigenvalue weighted by Crippen LogP contribution is -2.49. The average molecular weight is 318 g/mol. The summed E-state index contributed by atoms with van der Waals surface area (Å²) in [5.41, 5.74) is -0.0641. The standard InChI is InChI=1S/C14H20ClNO3S/c1-3-14(4-2,11-17)16-20(18,19)10-9-12-5-7-13(15)8-6-12/h5-10,16-17H,3-4,11H2,1-2H3. The van der Waals surface area contributed by atoms with Gasteiger partial charge in [-0.1, -0.05) is 37.6 Å². The van der Waals surface area contributed by atoms with Crippen LogP contribution in [0.15, 0.2) is 29.7 Å². The first kappa shape index (κ1) is 17.2. The van der Waals surface area contributed by atoms with Crippen LogP contribution in [0.4, 0.5) is 0 Å². The number of aliphatic hydroxyl groups excluding tert-OH is 1. The van der Waals surface area contributed by atoms with Crippen LogP contribution in [-0.2, 0) is 10.0 Å². The third-order valence-corrected chi connectivity index (χ3v) is 4.79. The van der Waals surface area contributed by atoms with Crippen LogP contribution < -0.4 is 4.72 Å². The van der Waals surface area contributed by atoms with Gasteiger partial charge in [-0.05, 0) is 36.6 Å². The molecule has 0 aliphatic heterocycles. The van der Waals surface area contributed by atoms with E-state index in [4.69, 9.17) is 11.6 Å². The summed E-state index contributed by atoms with van der Waals surface area (Å²) in [6.07, 6.45) is 2.54. The topological polar surface area (TPSA) is 66.4 Å². The van der Waals surface area contributed by atoms with Gasteiger partial charge >= 0.3 is 0 Å². The smallest absolute Gasteiger partial charge is 0.234 e. The molecule has 0 saturated carbocycles. The summed E-state index contributed by atoms with van der Waals surface area (Å²) in [5, 5.41) is 11.1. The molecule has 0 heterocycles. The Morgan fingerprint density at radius 2 is 1.80 bits per heavy atom. The molecule has 1 aromatic rings. The molecule has 0 aromatic heterocycles. The van der Waals surface area contributed by atoms with Crippen molar-refractivity contribution in [1.29, 1.82) is 0 Å². The van der Waals surface area contributed by atoms with E-state index in [-0.39, 0.29) is 6.61 Å². The largest absolute Gasteiger partial charge is 0.394 e. The quantitative estimate of drug-likeness (QED) is 0.812. The number of sulfonamides is 1. The SMILES string of the molecule is CCC(CC)(CO)NS(=O)(=O)C=Cc1ccc(Cl)cc1. The van der Waals surface area contributed by atoms with E-state index in [2.05, 4.69) is 4.72 Å². The van der Waals surface area contributed by atoms with Crippen LogP contribution in [0.5, 0.6) is 0 Å². The molecule has 0 unspecified atom stereocenters. The Balaban J connectivity index is 2.87. The Labute approximate surface area is 125 Å². The maximum atomic E-state index is 12.0. The highest BCUT2D eigenvalue weighted by Crippen LogP contribution is 2.17. The van der Waals surface area contributed by atoms with Crippen molar-refractivity contribution in [2.45, 2.75) is 32.2 Å². The van der Waals surface area contributed by atoms with Crippen LogP contribution in [0, 0.1) is 0 Å². The van der Waals surface area contributed by atoms with Gasteiger partial charge in [-0.15, -0.1) is 0 Å². The van der Waals surface area contributed by atoms with Gasteiger partial charge in [0.1, 0.15) is 0 Å². The van der Waals surface area contributed by atoms with Gasteiger partial charge in [0.25, 0.3) is 0 Å². The molecule has 0 radical (unpaired) electrons. The van der Waals surface area contributed by atoms with E-state index < -0.39 is 15.6 Å². The molecular formula is C14H20ClNO3S. The summed E-state index contributed by atoms with van der Waals surface area (Å²) in [4.78, 5) is 0. The van der Waals surface area contributed by atoms with E-state index in [0.717, 1.165) is 11.0 Å². The zero-order valence-electron chi connectivity index (χ0n) is 11.6. The van der Waals surface area contributed by atoms with E-state index in [1.807, 2.05) is 13.8 Å². The van der Waals surface area contributed by atoms with Gasteiger partial charge in [0.15, 0.2) is 0 Å². The van der Waals surface area contributed by atoms with Crippen molar-refractivity contribution in [2.75, 3.05) is 6.61 Å². The molecule has 0 fully saturated rings. The first-order chi connectivity index (χ1) is 9.36. The molecule has 0 atom stereocenters. The van der Waals surface area contributed by atoms with Crippen molar-refractivity contribution >= 4 is 27.7 Å². The Morgan fingerprint density at radius 3 is 2.25 bits per heavy atom. The molecule has 1 aromatic carbocycles. The van der Waals surface area contributed by atoms with E-state index in [9.17, 15) is 13.5 Å². The van der Waals surface area contributed by atoms with Gasteiger partial charge in [0.2, 0.25) is 10.0 Å². The van der Waals surface area contributed by atoms with Crippen molar-refractivity contribution in [2.24, 2.45) is 0 Å². The number of hydrogen-bond acceptors (Lipinski definition) is 3. The second-order valence-electron chi connectivity index (χ2n) is 4.65. The maximum absolute atomic E-state index is 12.0. The predicted octanol–water partition coefficient (Wildman–Crippen LogP) is 2.78. The van der Waals surface area contributed by atoms with Gasteiger partial charge in [-0.25, -0.2) is 13.1 Å². The summed E-state index contributed by atoms with van der Waals surface area (Å²) < 4.78 is 26.6. The van der Waals surface area contributed by atoms with Crippen LogP contribution in [0.1, 0.15) is 32.3 Å². The first-order valence-electron chi connectivity index (χ1n) is 6.45. The Bertz CT molecular complexity index is 540. The molecule has 0 spiro atoms. The molecule has 1 rings (SSSR count). The normalized spacial score (nSPS) is 13.0. The first-order valence-corrected chi connectivity index (χ1v) is 8.37. The van der Waals surface area contributed by atoms with Gasteiger partial charge < -0.3 is 5.11 Å².